The first-order valence-electron chi connectivity index (χ1n) is 8.93. The largest absolute Gasteiger partial charge is 0.342 e. The molecular weight excluding hydrogens is 292 g/mol. The summed E-state index contributed by atoms with van der Waals surface area (Å²) in [5.74, 6) is 0.871. The molecular formula is C17H32N4O2. The summed E-state index contributed by atoms with van der Waals surface area (Å²) in [5.41, 5.74) is 0. The van der Waals surface area contributed by atoms with E-state index in [2.05, 4.69) is 17.1 Å². The second-order valence-electron chi connectivity index (χ2n) is 7.12. The molecule has 2 fully saturated rings. The third-order valence-corrected chi connectivity index (χ3v) is 4.99. The van der Waals surface area contributed by atoms with Crippen LogP contribution in [-0.2, 0) is 9.59 Å². The summed E-state index contributed by atoms with van der Waals surface area (Å²) in [6.45, 7) is 8.04. The molecule has 1 N–H and O–H groups in total. The van der Waals surface area contributed by atoms with Crippen LogP contribution in [0.25, 0.3) is 0 Å². The molecule has 6 heteroatoms. The molecule has 0 saturated carbocycles. The van der Waals surface area contributed by atoms with Gasteiger partial charge >= 0.3 is 0 Å². The molecule has 1 unspecified atom stereocenters. The Hall–Kier alpha value is -1.14. The molecule has 6 nitrogen and oxygen atoms in total. The van der Waals surface area contributed by atoms with Gasteiger partial charge in [-0.05, 0) is 45.9 Å². The highest BCUT2D eigenvalue weighted by molar-refractivity contribution is 5.89. The monoisotopic (exact) mass is 324 g/mol. The van der Waals surface area contributed by atoms with Crippen molar-refractivity contribution in [3.05, 3.63) is 0 Å². The minimum absolute atomic E-state index is 0.130. The van der Waals surface area contributed by atoms with Gasteiger partial charge in [-0.3, -0.25) is 9.59 Å². The highest BCUT2D eigenvalue weighted by Gasteiger charge is 2.37. The van der Waals surface area contributed by atoms with Crippen molar-refractivity contribution < 1.29 is 9.59 Å². The second kappa shape index (κ2) is 8.64. The van der Waals surface area contributed by atoms with Crippen molar-refractivity contribution in [2.45, 2.75) is 26.2 Å². The summed E-state index contributed by atoms with van der Waals surface area (Å²) in [6, 6.07) is 0. The highest BCUT2D eigenvalue weighted by Crippen LogP contribution is 2.23. The van der Waals surface area contributed by atoms with E-state index < -0.39 is 0 Å². The third-order valence-electron chi connectivity index (χ3n) is 4.99. The summed E-state index contributed by atoms with van der Waals surface area (Å²) >= 11 is 0. The minimum Gasteiger partial charge on any atom is -0.342 e. The van der Waals surface area contributed by atoms with Gasteiger partial charge in [0.15, 0.2) is 0 Å². The van der Waals surface area contributed by atoms with Crippen LogP contribution in [0.2, 0.25) is 0 Å². The van der Waals surface area contributed by atoms with E-state index in [1.54, 1.807) is 0 Å². The van der Waals surface area contributed by atoms with Crippen molar-refractivity contribution in [1.82, 2.24) is 20.0 Å². The van der Waals surface area contributed by atoms with Crippen LogP contribution in [-0.4, -0.2) is 86.4 Å². The van der Waals surface area contributed by atoms with E-state index in [1.165, 1.54) is 0 Å². The Balaban J connectivity index is 1.77. The number of hydrogen-bond donors (Lipinski definition) is 1. The maximum absolute atomic E-state index is 12.7. The maximum atomic E-state index is 12.7. The first-order valence-corrected chi connectivity index (χ1v) is 8.93. The number of carbonyl (C=O) groups excluding carboxylic acids is 2. The first-order chi connectivity index (χ1) is 11.0. The van der Waals surface area contributed by atoms with Gasteiger partial charge < -0.3 is 20.0 Å². The molecule has 0 aromatic rings. The number of nitrogens with one attached hydrogen (secondary N) is 1. The molecule has 2 rings (SSSR count). The molecule has 1 atom stereocenters. The molecule has 2 amide bonds. The van der Waals surface area contributed by atoms with Crippen molar-refractivity contribution in [1.29, 1.82) is 0 Å². The Bertz CT molecular complexity index is 405. The van der Waals surface area contributed by atoms with Gasteiger partial charge in [-0.15, -0.1) is 0 Å². The van der Waals surface area contributed by atoms with Crippen LogP contribution in [0.1, 0.15) is 26.2 Å². The Morgan fingerprint density at radius 2 is 2.00 bits per heavy atom. The Morgan fingerprint density at radius 1 is 1.30 bits per heavy atom. The summed E-state index contributed by atoms with van der Waals surface area (Å²) in [5, 5.41) is 3.39. The number of likely N-dealkylation sites (tertiary alicyclic amines) is 2. The molecule has 23 heavy (non-hydrogen) atoms. The van der Waals surface area contributed by atoms with E-state index >= 15 is 0 Å². The molecule has 0 aromatic heterocycles. The lowest BCUT2D eigenvalue weighted by Crippen LogP contribution is -2.44. The van der Waals surface area contributed by atoms with Gasteiger partial charge in [0.1, 0.15) is 0 Å². The number of hydrogen-bond acceptors (Lipinski definition) is 4. The lowest BCUT2D eigenvalue weighted by Gasteiger charge is -2.33. The SMILES string of the molecule is CCNCC1CCN(C(=O)C2CC(=O)N(CCN(C)C)C2)CC1. The third kappa shape index (κ3) is 5.18. The van der Waals surface area contributed by atoms with Crippen molar-refractivity contribution in [3.63, 3.8) is 0 Å². The van der Waals surface area contributed by atoms with Crippen LogP contribution in [0.5, 0.6) is 0 Å². The van der Waals surface area contributed by atoms with Crippen molar-refractivity contribution in [2.75, 3.05) is 59.9 Å². The van der Waals surface area contributed by atoms with Crippen LogP contribution >= 0.6 is 0 Å². The van der Waals surface area contributed by atoms with Crippen LogP contribution in [0, 0.1) is 11.8 Å². The summed E-state index contributed by atoms with van der Waals surface area (Å²) in [7, 11) is 4.00. The van der Waals surface area contributed by atoms with Gasteiger partial charge in [0.2, 0.25) is 11.8 Å². The molecule has 0 aliphatic carbocycles. The molecule has 2 heterocycles. The lowest BCUT2D eigenvalue weighted by atomic mass is 9.95. The van der Waals surface area contributed by atoms with Crippen LogP contribution in [0.4, 0.5) is 0 Å². The Kier molecular flexibility index (Phi) is 6.84. The van der Waals surface area contributed by atoms with Crippen molar-refractivity contribution >= 4 is 11.8 Å². The average molecular weight is 324 g/mol. The fourth-order valence-corrected chi connectivity index (χ4v) is 3.44. The van der Waals surface area contributed by atoms with Crippen molar-refractivity contribution in [3.8, 4) is 0 Å². The Labute approximate surface area is 140 Å². The molecule has 2 aliphatic rings. The molecule has 2 aliphatic heterocycles. The van der Waals surface area contributed by atoms with E-state index in [9.17, 15) is 9.59 Å². The number of rotatable bonds is 7. The predicted octanol–water partition coefficient (Wildman–Crippen LogP) is 0.245. The van der Waals surface area contributed by atoms with E-state index in [1.807, 2.05) is 23.9 Å². The predicted molar refractivity (Wildman–Crippen MR) is 91.1 cm³/mol. The number of carbonyl (C=O) groups is 2. The summed E-state index contributed by atoms with van der Waals surface area (Å²) in [4.78, 5) is 30.7. The molecule has 132 valence electrons. The van der Waals surface area contributed by atoms with Gasteiger partial charge in [-0.25, -0.2) is 0 Å². The number of nitrogens with zero attached hydrogens (tertiary/aromatic N) is 3. The van der Waals surface area contributed by atoms with Crippen LogP contribution in [0.15, 0.2) is 0 Å². The van der Waals surface area contributed by atoms with E-state index in [0.29, 0.717) is 18.9 Å². The number of likely N-dealkylation sites (N-methyl/N-ethyl adjacent to an activating group) is 1. The molecule has 0 radical (unpaired) electrons. The van der Waals surface area contributed by atoms with Gasteiger partial charge in [-0.1, -0.05) is 6.92 Å². The maximum Gasteiger partial charge on any atom is 0.227 e. The normalized spacial score (nSPS) is 23.1. The average Bonchev–Trinajstić information content (AvgIpc) is 2.91. The summed E-state index contributed by atoms with van der Waals surface area (Å²) < 4.78 is 0. The molecule has 2 saturated heterocycles. The van der Waals surface area contributed by atoms with Gasteiger partial charge in [0.25, 0.3) is 0 Å². The van der Waals surface area contributed by atoms with Crippen LogP contribution < -0.4 is 5.32 Å². The lowest BCUT2D eigenvalue weighted by molar-refractivity contribution is -0.137. The van der Waals surface area contributed by atoms with Gasteiger partial charge in [0.05, 0.1) is 5.92 Å². The zero-order valence-electron chi connectivity index (χ0n) is 14.9. The topological polar surface area (TPSA) is 55.9 Å². The van der Waals surface area contributed by atoms with Gasteiger partial charge in [-0.2, -0.15) is 0 Å². The fourth-order valence-electron chi connectivity index (χ4n) is 3.44. The van der Waals surface area contributed by atoms with E-state index in [0.717, 1.165) is 52.1 Å². The zero-order valence-corrected chi connectivity index (χ0v) is 14.9. The molecule has 0 spiro atoms. The van der Waals surface area contributed by atoms with Crippen molar-refractivity contribution in [2.24, 2.45) is 11.8 Å². The highest BCUT2D eigenvalue weighted by atomic mass is 16.2. The fraction of sp³-hybridized carbons (Fsp3) is 0.882. The van der Waals surface area contributed by atoms with Crippen LogP contribution in [0.3, 0.4) is 0 Å². The second-order valence-corrected chi connectivity index (χ2v) is 7.12. The minimum atomic E-state index is -0.130. The molecule has 0 aromatic carbocycles. The molecule has 0 bridgehead atoms. The summed E-state index contributed by atoms with van der Waals surface area (Å²) in [6.07, 6.45) is 2.54. The van der Waals surface area contributed by atoms with E-state index in [4.69, 9.17) is 0 Å². The smallest absolute Gasteiger partial charge is 0.227 e. The van der Waals surface area contributed by atoms with E-state index in [-0.39, 0.29) is 17.7 Å². The Morgan fingerprint density at radius 3 is 2.61 bits per heavy atom. The standard InChI is InChI=1S/C17H32N4O2/c1-4-18-12-14-5-7-20(8-6-14)17(23)15-11-16(22)21(13-15)10-9-19(2)3/h14-15,18H,4-13H2,1-3H3. The quantitative estimate of drug-likeness (QED) is 0.729. The van der Waals surface area contributed by atoms with Gasteiger partial charge in [0, 0.05) is 39.1 Å². The zero-order chi connectivity index (χ0) is 16.8. The first kappa shape index (κ1) is 18.2. The number of amides is 2. The number of piperidine rings is 1.